The third kappa shape index (κ3) is 2.59. The number of rotatable bonds is 3. The lowest BCUT2D eigenvalue weighted by Gasteiger charge is -2.07. The van der Waals surface area contributed by atoms with Crippen LogP contribution in [-0.2, 0) is 13.0 Å². The average molecular weight is 244 g/mol. The Labute approximate surface area is 105 Å². The van der Waals surface area contributed by atoms with Crippen LogP contribution in [0.3, 0.4) is 0 Å². The molecule has 1 N–H and O–H groups in total. The molecule has 1 aromatic heterocycles. The van der Waals surface area contributed by atoms with E-state index in [1.165, 1.54) is 4.57 Å². The maximum atomic E-state index is 11.7. The summed E-state index contributed by atoms with van der Waals surface area (Å²) in [5.74, 6) is 0. The quantitative estimate of drug-likeness (QED) is 0.888. The van der Waals surface area contributed by atoms with E-state index in [9.17, 15) is 9.59 Å². The van der Waals surface area contributed by atoms with Gasteiger partial charge in [0.05, 0.1) is 6.54 Å². The van der Waals surface area contributed by atoms with Gasteiger partial charge in [-0.3, -0.25) is 14.3 Å². The van der Waals surface area contributed by atoms with Gasteiger partial charge >= 0.3 is 5.69 Å². The standard InChI is InChI=1S/C14H16N2O2/c1-3-12-9-16(14(18)15-13(12)17)8-11-6-4-5-10(2)7-11/h4-7,9H,3,8H2,1-2H3,(H,15,17,18). The minimum Gasteiger partial charge on any atom is -0.296 e. The molecule has 0 aliphatic heterocycles. The predicted octanol–water partition coefficient (Wildman–Crippen LogP) is 1.46. The molecule has 18 heavy (non-hydrogen) atoms. The first kappa shape index (κ1) is 12.4. The number of benzene rings is 1. The van der Waals surface area contributed by atoms with Crippen LogP contribution in [0.2, 0.25) is 0 Å². The fourth-order valence-corrected chi connectivity index (χ4v) is 1.93. The Bertz CT molecular complexity index is 668. The molecular formula is C14H16N2O2. The lowest BCUT2D eigenvalue weighted by atomic mass is 10.1. The number of H-pyrrole nitrogens is 1. The maximum absolute atomic E-state index is 11.7. The molecule has 0 saturated carbocycles. The highest BCUT2D eigenvalue weighted by molar-refractivity contribution is 5.22. The highest BCUT2D eigenvalue weighted by atomic mass is 16.2. The van der Waals surface area contributed by atoms with Crippen molar-refractivity contribution in [1.29, 1.82) is 0 Å². The SMILES string of the molecule is CCc1cn(Cc2cccc(C)c2)c(=O)[nH]c1=O. The predicted molar refractivity (Wildman–Crippen MR) is 71.0 cm³/mol. The summed E-state index contributed by atoms with van der Waals surface area (Å²) in [6, 6.07) is 7.97. The van der Waals surface area contributed by atoms with E-state index in [0.29, 0.717) is 18.5 Å². The number of nitrogens with one attached hydrogen (secondary N) is 1. The molecule has 0 bridgehead atoms. The van der Waals surface area contributed by atoms with Gasteiger partial charge in [0.1, 0.15) is 0 Å². The first-order valence-corrected chi connectivity index (χ1v) is 5.98. The van der Waals surface area contributed by atoms with Gasteiger partial charge in [-0.15, -0.1) is 0 Å². The van der Waals surface area contributed by atoms with Gasteiger partial charge < -0.3 is 0 Å². The summed E-state index contributed by atoms with van der Waals surface area (Å²) in [6.07, 6.45) is 2.26. The first-order valence-electron chi connectivity index (χ1n) is 5.98. The highest BCUT2D eigenvalue weighted by Gasteiger charge is 2.03. The van der Waals surface area contributed by atoms with Crippen LogP contribution < -0.4 is 11.2 Å². The zero-order valence-electron chi connectivity index (χ0n) is 10.6. The van der Waals surface area contributed by atoms with Crippen LogP contribution in [0.15, 0.2) is 40.1 Å². The van der Waals surface area contributed by atoms with E-state index in [2.05, 4.69) is 4.98 Å². The fraction of sp³-hybridized carbons (Fsp3) is 0.286. The Morgan fingerprint density at radius 2 is 2.06 bits per heavy atom. The molecule has 1 aromatic carbocycles. The van der Waals surface area contributed by atoms with Crippen molar-refractivity contribution in [2.75, 3.05) is 0 Å². The fourth-order valence-electron chi connectivity index (χ4n) is 1.93. The topological polar surface area (TPSA) is 54.9 Å². The number of aromatic nitrogens is 2. The van der Waals surface area contributed by atoms with Crippen LogP contribution in [0.5, 0.6) is 0 Å². The van der Waals surface area contributed by atoms with E-state index in [1.54, 1.807) is 6.20 Å². The van der Waals surface area contributed by atoms with Crippen molar-refractivity contribution in [2.24, 2.45) is 0 Å². The van der Waals surface area contributed by atoms with Crippen LogP contribution in [0.4, 0.5) is 0 Å². The Morgan fingerprint density at radius 1 is 1.28 bits per heavy atom. The molecule has 94 valence electrons. The summed E-state index contributed by atoms with van der Waals surface area (Å²) < 4.78 is 1.54. The largest absolute Gasteiger partial charge is 0.328 e. The lowest BCUT2D eigenvalue weighted by molar-refractivity contribution is 0.707. The normalized spacial score (nSPS) is 10.6. The molecule has 0 aliphatic rings. The summed E-state index contributed by atoms with van der Waals surface area (Å²) in [7, 11) is 0. The van der Waals surface area contributed by atoms with Crippen molar-refractivity contribution >= 4 is 0 Å². The minimum absolute atomic E-state index is 0.289. The van der Waals surface area contributed by atoms with Crippen LogP contribution in [0, 0.1) is 6.92 Å². The van der Waals surface area contributed by atoms with E-state index in [4.69, 9.17) is 0 Å². The van der Waals surface area contributed by atoms with Gasteiger partial charge in [0.25, 0.3) is 5.56 Å². The lowest BCUT2D eigenvalue weighted by Crippen LogP contribution is -2.31. The molecule has 4 nitrogen and oxygen atoms in total. The molecule has 0 fully saturated rings. The summed E-state index contributed by atoms with van der Waals surface area (Å²) in [4.78, 5) is 25.5. The van der Waals surface area contributed by atoms with Gasteiger partial charge in [-0.1, -0.05) is 36.8 Å². The Kier molecular flexibility index (Phi) is 3.46. The van der Waals surface area contributed by atoms with E-state index in [-0.39, 0.29) is 11.2 Å². The number of hydrogen-bond acceptors (Lipinski definition) is 2. The molecule has 0 amide bonds. The summed E-state index contributed by atoms with van der Waals surface area (Å²) in [5.41, 5.74) is 2.18. The maximum Gasteiger partial charge on any atom is 0.328 e. The van der Waals surface area contributed by atoms with E-state index < -0.39 is 0 Å². The van der Waals surface area contributed by atoms with E-state index in [0.717, 1.165) is 11.1 Å². The second kappa shape index (κ2) is 5.04. The molecule has 0 atom stereocenters. The second-order valence-electron chi connectivity index (χ2n) is 4.38. The second-order valence-corrected chi connectivity index (χ2v) is 4.38. The molecule has 2 rings (SSSR count). The Morgan fingerprint density at radius 3 is 2.72 bits per heavy atom. The number of aryl methyl sites for hydroxylation is 2. The number of hydrogen-bond donors (Lipinski definition) is 1. The first-order chi connectivity index (χ1) is 8.60. The molecule has 0 spiro atoms. The van der Waals surface area contributed by atoms with E-state index in [1.807, 2.05) is 38.1 Å². The molecule has 0 unspecified atom stereocenters. The van der Waals surface area contributed by atoms with Crippen LogP contribution in [-0.4, -0.2) is 9.55 Å². The number of aromatic amines is 1. The summed E-state index contributed by atoms with van der Waals surface area (Å²) >= 11 is 0. The van der Waals surface area contributed by atoms with Crippen LogP contribution in [0.1, 0.15) is 23.6 Å². The number of nitrogens with zero attached hydrogens (tertiary/aromatic N) is 1. The van der Waals surface area contributed by atoms with Crippen LogP contribution in [0.25, 0.3) is 0 Å². The molecule has 2 aromatic rings. The molecule has 0 aliphatic carbocycles. The van der Waals surface area contributed by atoms with Crippen molar-refractivity contribution in [3.63, 3.8) is 0 Å². The molecular weight excluding hydrogens is 228 g/mol. The minimum atomic E-state index is -0.362. The van der Waals surface area contributed by atoms with Crippen molar-refractivity contribution in [1.82, 2.24) is 9.55 Å². The molecule has 4 heteroatoms. The average Bonchev–Trinajstić information content (AvgIpc) is 2.33. The highest BCUT2D eigenvalue weighted by Crippen LogP contribution is 2.05. The van der Waals surface area contributed by atoms with E-state index >= 15 is 0 Å². The molecule has 0 saturated heterocycles. The smallest absolute Gasteiger partial charge is 0.296 e. The zero-order valence-corrected chi connectivity index (χ0v) is 10.6. The van der Waals surface area contributed by atoms with Crippen molar-refractivity contribution in [3.05, 3.63) is 68.0 Å². The summed E-state index contributed by atoms with van der Waals surface area (Å²) in [5, 5.41) is 0. The van der Waals surface area contributed by atoms with Crippen molar-refractivity contribution < 1.29 is 0 Å². The zero-order chi connectivity index (χ0) is 13.1. The van der Waals surface area contributed by atoms with Gasteiger partial charge in [-0.05, 0) is 18.9 Å². The summed E-state index contributed by atoms with van der Waals surface area (Å²) in [6.45, 7) is 4.38. The van der Waals surface area contributed by atoms with Gasteiger partial charge in [-0.2, -0.15) is 0 Å². The third-order valence-corrected chi connectivity index (χ3v) is 2.90. The van der Waals surface area contributed by atoms with Gasteiger partial charge in [0.2, 0.25) is 0 Å². The molecule has 1 heterocycles. The Balaban J connectivity index is 2.40. The van der Waals surface area contributed by atoms with Gasteiger partial charge in [-0.25, -0.2) is 4.79 Å². The van der Waals surface area contributed by atoms with Crippen molar-refractivity contribution in [3.8, 4) is 0 Å². The molecule has 0 radical (unpaired) electrons. The Hall–Kier alpha value is -2.10. The third-order valence-electron chi connectivity index (χ3n) is 2.90. The van der Waals surface area contributed by atoms with Crippen molar-refractivity contribution in [2.45, 2.75) is 26.8 Å². The van der Waals surface area contributed by atoms with Gasteiger partial charge in [0.15, 0.2) is 0 Å². The van der Waals surface area contributed by atoms with Gasteiger partial charge in [0, 0.05) is 11.8 Å². The van der Waals surface area contributed by atoms with Crippen LogP contribution >= 0.6 is 0 Å². The monoisotopic (exact) mass is 244 g/mol.